The van der Waals surface area contributed by atoms with Crippen LogP contribution in [0.1, 0.15) is 86.8 Å². The van der Waals surface area contributed by atoms with Gasteiger partial charge in [0.2, 0.25) is 0 Å². The summed E-state index contributed by atoms with van der Waals surface area (Å²) in [5.41, 5.74) is 2.19. The molecule has 0 bridgehead atoms. The minimum Gasteiger partial charge on any atom is -0.481 e. The molecule has 2 N–H and O–H groups in total. The Kier molecular flexibility index (Phi) is 10.4. The monoisotopic (exact) mass is 539 g/mol. The van der Waals surface area contributed by atoms with Gasteiger partial charge in [-0.15, -0.1) is 11.8 Å². The Hall–Kier alpha value is -3.33. The molecule has 3 aromatic rings. The normalized spacial score (nSPS) is 12.3. The van der Waals surface area contributed by atoms with E-state index in [1.54, 1.807) is 28.8 Å². The molecule has 0 aliphatic carbocycles. The topological polar surface area (TPSA) is 114 Å². The zero-order chi connectivity index (χ0) is 27.7. The predicted molar refractivity (Wildman–Crippen MR) is 149 cm³/mol. The van der Waals surface area contributed by atoms with Crippen molar-refractivity contribution in [3.8, 4) is 0 Å². The lowest BCUT2D eigenvalue weighted by Crippen LogP contribution is -2.24. The Bertz CT molecular complexity index is 1260. The van der Waals surface area contributed by atoms with Gasteiger partial charge in [0.25, 0.3) is 0 Å². The quantitative estimate of drug-likeness (QED) is 0.161. The number of aliphatic carboxylic acids is 1. The van der Waals surface area contributed by atoms with Crippen LogP contribution < -0.4 is 5.69 Å². The molecule has 3 rings (SSSR count). The van der Waals surface area contributed by atoms with E-state index in [0.29, 0.717) is 24.4 Å². The number of aromatic amines is 1. The van der Waals surface area contributed by atoms with Crippen LogP contribution in [0.25, 0.3) is 0 Å². The van der Waals surface area contributed by atoms with E-state index in [9.17, 15) is 14.4 Å². The zero-order valence-corrected chi connectivity index (χ0v) is 23.3. The fraction of sp³-hybridized carbons (Fsp3) is 0.448. The van der Waals surface area contributed by atoms with Crippen LogP contribution in [0.3, 0.4) is 0 Å². The number of rotatable bonds is 13. The van der Waals surface area contributed by atoms with Gasteiger partial charge in [-0.05, 0) is 47.2 Å². The number of hydrogen-bond donors (Lipinski definition) is 2. The molecule has 0 spiro atoms. The number of carbonyl (C=O) groups excluding carboxylic acids is 1. The standard InChI is InChI=1S/C29H37N3O5S/c1-5-6-7-8-17-32-26(30-31-28(32)36)24(18-20-9-13-22(14-10-20)29(2,3)4)37-27(35)21-11-15-23(16-12-21)38-19-25(33)34/h9-16,24H,5-8,17-19H2,1-4H3,(H,31,36)(H,33,34). The minimum atomic E-state index is -0.906. The summed E-state index contributed by atoms with van der Waals surface area (Å²) in [7, 11) is 0. The fourth-order valence-corrected chi connectivity index (χ4v) is 4.68. The van der Waals surface area contributed by atoms with E-state index in [-0.39, 0.29) is 16.9 Å². The van der Waals surface area contributed by atoms with Crippen LogP contribution in [0.15, 0.2) is 58.2 Å². The number of carbonyl (C=O) groups is 2. The van der Waals surface area contributed by atoms with Gasteiger partial charge in [0.1, 0.15) is 0 Å². The van der Waals surface area contributed by atoms with Crippen LogP contribution in [0.4, 0.5) is 0 Å². The van der Waals surface area contributed by atoms with Crippen molar-refractivity contribution in [2.45, 2.75) is 82.8 Å². The van der Waals surface area contributed by atoms with Crippen molar-refractivity contribution in [1.82, 2.24) is 14.8 Å². The Balaban J connectivity index is 1.85. The third-order valence-electron chi connectivity index (χ3n) is 6.25. The molecular formula is C29H37N3O5S. The summed E-state index contributed by atoms with van der Waals surface area (Å²) in [6.07, 6.45) is 3.60. The second-order valence-corrected chi connectivity index (χ2v) is 11.4. The zero-order valence-electron chi connectivity index (χ0n) is 22.5. The maximum absolute atomic E-state index is 13.2. The number of nitrogens with zero attached hydrogens (tertiary/aromatic N) is 2. The van der Waals surface area contributed by atoms with E-state index in [0.717, 1.165) is 36.1 Å². The van der Waals surface area contributed by atoms with Gasteiger partial charge in [-0.2, -0.15) is 5.10 Å². The summed E-state index contributed by atoms with van der Waals surface area (Å²) >= 11 is 1.18. The largest absolute Gasteiger partial charge is 0.481 e. The maximum Gasteiger partial charge on any atom is 0.343 e. The van der Waals surface area contributed by atoms with Crippen molar-refractivity contribution in [2.24, 2.45) is 0 Å². The van der Waals surface area contributed by atoms with Crippen LogP contribution >= 0.6 is 11.8 Å². The molecule has 1 unspecified atom stereocenters. The Morgan fingerprint density at radius 2 is 1.74 bits per heavy atom. The third-order valence-corrected chi connectivity index (χ3v) is 7.25. The molecule has 0 aliphatic heterocycles. The fourth-order valence-electron chi connectivity index (χ4n) is 4.06. The van der Waals surface area contributed by atoms with E-state index in [2.05, 4.69) is 50.0 Å². The molecule has 1 atom stereocenters. The minimum absolute atomic E-state index is 0.0144. The molecule has 1 aromatic heterocycles. The number of esters is 1. The lowest BCUT2D eigenvalue weighted by atomic mass is 9.86. The molecule has 0 radical (unpaired) electrons. The van der Waals surface area contributed by atoms with Gasteiger partial charge < -0.3 is 9.84 Å². The number of thioether (sulfide) groups is 1. The number of H-pyrrole nitrogens is 1. The molecule has 0 aliphatic rings. The van der Waals surface area contributed by atoms with Gasteiger partial charge in [0.15, 0.2) is 11.9 Å². The number of carboxylic acid groups (broad SMARTS) is 1. The van der Waals surface area contributed by atoms with Crippen LogP contribution in [0.5, 0.6) is 0 Å². The Morgan fingerprint density at radius 1 is 1.05 bits per heavy atom. The lowest BCUT2D eigenvalue weighted by molar-refractivity contribution is -0.133. The average molecular weight is 540 g/mol. The summed E-state index contributed by atoms with van der Waals surface area (Å²) in [6.45, 7) is 9.08. The second-order valence-electron chi connectivity index (χ2n) is 10.4. The van der Waals surface area contributed by atoms with Crippen molar-refractivity contribution >= 4 is 23.7 Å². The van der Waals surface area contributed by atoms with Gasteiger partial charge in [0, 0.05) is 17.9 Å². The first-order valence-electron chi connectivity index (χ1n) is 13.0. The summed E-state index contributed by atoms with van der Waals surface area (Å²) in [5, 5.41) is 15.7. The number of aromatic nitrogens is 3. The molecule has 204 valence electrons. The number of hydrogen-bond acceptors (Lipinski definition) is 6. The molecule has 2 aromatic carbocycles. The molecule has 0 saturated heterocycles. The highest BCUT2D eigenvalue weighted by atomic mass is 32.2. The van der Waals surface area contributed by atoms with Crippen LogP contribution in [0.2, 0.25) is 0 Å². The molecule has 0 saturated carbocycles. The molecule has 8 nitrogen and oxygen atoms in total. The van der Waals surface area contributed by atoms with E-state index < -0.39 is 18.0 Å². The summed E-state index contributed by atoms with van der Waals surface area (Å²) in [5.74, 6) is -1.11. The van der Waals surface area contributed by atoms with Crippen molar-refractivity contribution in [3.63, 3.8) is 0 Å². The van der Waals surface area contributed by atoms with Gasteiger partial charge in [-0.1, -0.05) is 71.2 Å². The van der Waals surface area contributed by atoms with Crippen molar-refractivity contribution < 1.29 is 19.4 Å². The summed E-state index contributed by atoms with van der Waals surface area (Å²) in [4.78, 5) is 37.3. The highest BCUT2D eigenvalue weighted by Crippen LogP contribution is 2.26. The van der Waals surface area contributed by atoms with Crippen LogP contribution in [-0.4, -0.2) is 37.6 Å². The van der Waals surface area contributed by atoms with E-state index in [1.165, 1.54) is 17.3 Å². The number of benzene rings is 2. The van der Waals surface area contributed by atoms with Gasteiger partial charge in [-0.3, -0.25) is 9.36 Å². The number of nitrogens with one attached hydrogen (secondary N) is 1. The van der Waals surface area contributed by atoms with E-state index in [1.807, 2.05) is 12.1 Å². The van der Waals surface area contributed by atoms with Crippen molar-refractivity contribution in [1.29, 1.82) is 0 Å². The Labute approximate surface area is 227 Å². The summed E-state index contributed by atoms with van der Waals surface area (Å²) < 4.78 is 7.53. The first kappa shape index (κ1) is 29.2. The van der Waals surface area contributed by atoms with Crippen LogP contribution in [-0.2, 0) is 27.9 Å². The third kappa shape index (κ3) is 8.34. The van der Waals surface area contributed by atoms with E-state index in [4.69, 9.17) is 9.84 Å². The molecule has 0 amide bonds. The predicted octanol–water partition coefficient (Wildman–Crippen LogP) is 5.77. The van der Waals surface area contributed by atoms with Crippen LogP contribution in [0, 0.1) is 0 Å². The Morgan fingerprint density at radius 3 is 2.34 bits per heavy atom. The van der Waals surface area contributed by atoms with Gasteiger partial charge in [0.05, 0.1) is 11.3 Å². The number of ether oxygens (including phenoxy) is 1. The smallest absolute Gasteiger partial charge is 0.343 e. The van der Waals surface area contributed by atoms with Crippen molar-refractivity contribution in [2.75, 3.05) is 5.75 Å². The molecule has 0 fully saturated rings. The molecular weight excluding hydrogens is 502 g/mol. The van der Waals surface area contributed by atoms with Gasteiger partial charge >= 0.3 is 17.6 Å². The second kappa shape index (κ2) is 13.5. The SMILES string of the molecule is CCCCCCn1c(C(Cc2ccc(C(C)(C)C)cc2)OC(=O)c2ccc(SCC(=O)O)cc2)n[nH]c1=O. The first-order valence-corrected chi connectivity index (χ1v) is 14.0. The van der Waals surface area contributed by atoms with Gasteiger partial charge in [-0.25, -0.2) is 14.7 Å². The lowest BCUT2D eigenvalue weighted by Gasteiger charge is -2.21. The average Bonchev–Trinajstić information content (AvgIpc) is 3.25. The highest BCUT2D eigenvalue weighted by molar-refractivity contribution is 8.00. The molecule has 38 heavy (non-hydrogen) atoms. The first-order chi connectivity index (χ1) is 18.1. The highest BCUT2D eigenvalue weighted by Gasteiger charge is 2.25. The maximum atomic E-state index is 13.2. The van der Waals surface area contributed by atoms with E-state index >= 15 is 0 Å². The number of unbranched alkanes of at least 4 members (excludes halogenated alkanes) is 3. The van der Waals surface area contributed by atoms with Crippen molar-refractivity contribution in [3.05, 3.63) is 81.5 Å². The summed E-state index contributed by atoms with van der Waals surface area (Å²) in [6, 6.07) is 14.8. The molecule has 1 heterocycles. The molecule has 9 heteroatoms. The number of carboxylic acids is 1.